The van der Waals surface area contributed by atoms with Crippen LogP contribution in [0.4, 0.5) is 0 Å². The molecule has 0 unspecified atom stereocenters. The van der Waals surface area contributed by atoms with Gasteiger partial charge in [-0.3, -0.25) is 4.84 Å². The minimum Gasteiger partial charge on any atom is -0.287 e. The van der Waals surface area contributed by atoms with Crippen molar-refractivity contribution in [1.29, 1.82) is 0 Å². The van der Waals surface area contributed by atoms with Crippen LogP contribution in [0.25, 0.3) is 0 Å². The second-order valence-electron chi connectivity index (χ2n) is 3.75. The van der Waals surface area contributed by atoms with Gasteiger partial charge in [0, 0.05) is 4.47 Å². The molecule has 0 spiro atoms. The van der Waals surface area contributed by atoms with Gasteiger partial charge in [0.1, 0.15) is 0 Å². The topological polar surface area (TPSA) is 55.4 Å². The molecular formula is C10H14BrNO3S. The van der Waals surface area contributed by atoms with Gasteiger partial charge in [-0.15, -0.1) is 0 Å². The van der Waals surface area contributed by atoms with Crippen molar-refractivity contribution in [1.82, 2.24) is 4.89 Å². The standard InChI is InChI=1S/C10H14BrNO3S/c1-8(2)7-15-12-16(13,14)10-5-3-4-9(11)6-10/h3-6,8,12H,7H2,1-2H3. The average Bonchev–Trinajstić information content (AvgIpc) is 2.16. The maximum absolute atomic E-state index is 11.7. The van der Waals surface area contributed by atoms with E-state index in [9.17, 15) is 8.42 Å². The van der Waals surface area contributed by atoms with E-state index in [1.165, 1.54) is 12.1 Å². The predicted octanol–water partition coefficient (Wildman–Crippen LogP) is 2.32. The molecule has 0 atom stereocenters. The highest BCUT2D eigenvalue weighted by Crippen LogP contribution is 2.15. The van der Waals surface area contributed by atoms with E-state index in [4.69, 9.17) is 4.84 Å². The Balaban J connectivity index is 2.71. The first-order chi connectivity index (χ1) is 7.42. The smallest absolute Gasteiger partial charge is 0.262 e. The van der Waals surface area contributed by atoms with E-state index in [0.29, 0.717) is 11.1 Å². The Morgan fingerprint density at radius 3 is 2.69 bits per heavy atom. The number of nitrogens with one attached hydrogen (secondary N) is 1. The highest BCUT2D eigenvalue weighted by molar-refractivity contribution is 9.10. The summed E-state index contributed by atoms with van der Waals surface area (Å²) in [6.45, 7) is 4.22. The Hall–Kier alpha value is -0.430. The lowest BCUT2D eigenvalue weighted by Crippen LogP contribution is -2.25. The Morgan fingerprint density at radius 2 is 2.12 bits per heavy atom. The highest BCUT2D eigenvalue weighted by atomic mass is 79.9. The molecule has 0 aliphatic rings. The normalized spacial score (nSPS) is 12.0. The van der Waals surface area contributed by atoms with Gasteiger partial charge < -0.3 is 0 Å². The van der Waals surface area contributed by atoms with Crippen molar-refractivity contribution in [2.24, 2.45) is 5.92 Å². The highest BCUT2D eigenvalue weighted by Gasteiger charge is 2.14. The van der Waals surface area contributed by atoms with Crippen molar-refractivity contribution in [3.05, 3.63) is 28.7 Å². The van der Waals surface area contributed by atoms with E-state index in [1.807, 2.05) is 13.8 Å². The van der Waals surface area contributed by atoms with Crippen LogP contribution in [0.1, 0.15) is 13.8 Å². The van der Waals surface area contributed by atoms with Crippen LogP contribution in [0, 0.1) is 5.92 Å². The third kappa shape index (κ3) is 4.21. The summed E-state index contributed by atoms with van der Waals surface area (Å²) in [7, 11) is -3.58. The summed E-state index contributed by atoms with van der Waals surface area (Å²) in [6.07, 6.45) is 0. The second kappa shape index (κ2) is 5.77. The van der Waals surface area contributed by atoms with Crippen LogP contribution in [0.2, 0.25) is 0 Å². The third-order valence-electron chi connectivity index (χ3n) is 1.69. The van der Waals surface area contributed by atoms with E-state index < -0.39 is 10.0 Å². The minimum absolute atomic E-state index is 0.172. The van der Waals surface area contributed by atoms with Crippen LogP contribution < -0.4 is 4.89 Å². The number of halogens is 1. The Labute approximate surface area is 104 Å². The molecule has 6 heteroatoms. The van der Waals surface area contributed by atoms with E-state index in [0.717, 1.165) is 0 Å². The molecule has 0 radical (unpaired) electrons. The molecule has 1 rings (SSSR count). The number of benzene rings is 1. The maximum Gasteiger partial charge on any atom is 0.262 e. The Morgan fingerprint density at radius 1 is 1.44 bits per heavy atom. The Bertz CT molecular complexity index is 445. The van der Waals surface area contributed by atoms with E-state index >= 15 is 0 Å². The van der Waals surface area contributed by atoms with Gasteiger partial charge in [-0.25, -0.2) is 8.42 Å². The molecule has 1 aromatic carbocycles. The average molecular weight is 308 g/mol. The minimum atomic E-state index is -3.58. The summed E-state index contributed by atoms with van der Waals surface area (Å²) >= 11 is 3.21. The molecule has 0 aliphatic heterocycles. The van der Waals surface area contributed by atoms with Crippen LogP contribution in [0.3, 0.4) is 0 Å². The first-order valence-electron chi connectivity index (χ1n) is 4.81. The van der Waals surface area contributed by atoms with Crippen molar-refractivity contribution >= 4 is 26.0 Å². The fourth-order valence-electron chi connectivity index (χ4n) is 0.961. The maximum atomic E-state index is 11.7. The van der Waals surface area contributed by atoms with Gasteiger partial charge in [0.2, 0.25) is 0 Å². The summed E-state index contributed by atoms with van der Waals surface area (Å²) in [5.41, 5.74) is 0. The summed E-state index contributed by atoms with van der Waals surface area (Å²) in [5.74, 6) is 0.269. The van der Waals surface area contributed by atoms with Gasteiger partial charge in [0.05, 0.1) is 11.5 Å². The first-order valence-corrected chi connectivity index (χ1v) is 7.08. The zero-order chi connectivity index (χ0) is 12.2. The van der Waals surface area contributed by atoms with E-state index in [-0.39, 0.29) is 10.8 Å². The van der Waals surface area contributed by atoms with Crippen molar-refractivity contribution < 1.29 is 13.3 Å². The van der Waals surface area contributed by atoms with Crippen molar-refractivity contribution in [3.63, 3.8) is 0 Å². The number of sulfonamides is 1. The van der Waals surface area contributed by atoms with Gasteiger partial charge in [-0.1, -0.05) is 40.7 Å². The van der Waals surface area contributed by atoms with E-state index in [2.05, 4.69) is 20.8 Å². The first kappa shape index (κ1) is 13.6. The molecule has 1 aromatic rings. The largest absolute Gasteiger partial charge is 0.287 e. The molecule has 0 heterocycles. The molecule has 0 saturated carbocycles. The van der Waals surface area contributed by atoms with Gasteiger partial charge in [0.25, 0.3) is 10.0 Å². The number of rotatable bonds is 5. The molecule has 0 bridgehead atoms. The van der Waals surface area contributed by atoms with Crippen molar-refractivity contribution in [2.75, 3.05) is 6.61 Å². The zero-order valence-corrected chi connectivity index (χ0v) is 11.5. The molecule has 0 saturated heterocycles. The van der Waals surface area contributed by atoms with Gasteiger partial charge in [-0.05, 0) is 24.1 Å². The second-order valence-corrected chi connectivity index (χ2v) is 6.31. The van der Waals surface area contributed by atoms with Crippen LogP contribution in [0.5, 0.6) is 0 Å². The number of hydrogen-bond acceptors (Lipinski definition) is 3. The summed E-state index contributed by atoms with van der Waals surface area (Å²) in [5, 5.41) is 0. The molecule has 90 valence electrons. The van der Waals surface area contributed by atoms with Gasteiger partial charge in [0.15, 0.2) is 0 Å². The van der Waals surface area contributed by atoms with Crippen LogP contribution in [0.15, 0.2) is 33.6 Å². The van der Waals surface area contributed by atoms with Crippen molar-refractivity contribution in [3.8, 4) is 0 Å². The summed E-state index contributed by atoms with van der Waals surface area (Å²) in [6, 6.07) is 6.43. The molecule has 0 aliphatic carbocycles. The fraction of sp³-hybridized carbons (Fsp3) is 0.400. The molecule has 0 fully saturated rings. The molecule has 4 nitrogen and oxygen atoms in total. The van der Waals surface area contributed by atoms with Gasteiger partial charge in [-0.2, -0.15) is 0 Å². The lowest BCUT2D eigenvalue weighted by molar-refractivity contribution is 0.0718. The predicted molar refractivity (Wildman–Crippen MR) is 65.3 cm³/mol. The quantitative estimate of drug-likeness (QED) is 0.849. The summed E-state index contributed by atoms with van der Waals surface area (Å²) in [4.78, 5) is 7.16. The Kier molecular flexibility index (Phi) is 4.91. The van der Waals surface area contributed by atoms with E-state index in [1.54, 1.807) is 12.1 Å². The lowest BCUT2D eigenvalue weighted by Gasteiger charge is -2.08. The van der Waals surface area contributed by atoms with Gasteiger partial charge >= 0.3 is 0 Å². The number of hydrogen-bond donors (Lipinski definition) is 1. The SMILES string of the molecule is CC(C)CONS(=O)(=O)c1cccc(Br)c1. The zero-order valence-electron chi connectivity index (χ0n) is 9.10. The lowest BCUT2D eigenvalue weighted by atomic mass is 10.2. The molecule has 0 aromatic heterocycles. The van der Waals surface area contributed by atoms with Crippen LogP contribution in [-0.2, 0) is 14.9 Å². The van der Waals surface area contributed by atoms with Crippen LogP contribution in [-0.4, -0.2) is 15.0 Å². The van der Waals surface area contributed by atoms with Crippen LogP contribution >= 0.6 is 15.9 Å². The van der Waals surface area contributed by atoms with Crippen molar-refractivity contribution in [2.45, 2.75) is 18.7 Å². The monoisotopic (exact) mass is 307 g/mol. The molecule has 0 amide bonds. The molecular weight excluding hydrogens is 294 g/mol. The fourth-order valence-corrected chi connectivity index (χ4v) is 2.37. The summed E-state index contributed by atoms with van der Waals surface area (Å²) < 4.78 is 24.1. The molecule has 16 heavy (non-hydrogen) atoms. The third-order valence-corrected chi connectivity index (χ3v) is 3.40. The molecule has 1 N–H and O–H groups in total.